The van der Waals surface area contributed by atoms with E-state index in [4.69, 9.17) is 5.11 Å². The highest BCUT2D eigenvalue weighted by Gasteiger charge is 2.20. The molecule has 0 aliphatic heterocycles. The van der Waals surface area contributed by atoms with E-state index >= 15 is 0 Å². The van der Waals surface area contributed by atoms with Crippen molar-refractivity contribution >= 4 is 17.9 Å². The molecule has 0 saturated heterocycles. The SMILES string of the molecule is CC1CCC(NC(=O)NC(=O)COCC(=O)O)CC1. The van der Waals surface area contributed by atoms with Gasteiger partial charge in [-0.2, -0.15) is 0 Å². The van der Waals surface area contributed by atoms with E-state index in [9.17, 15) is 14.4 Å². The van der Waals surface area contributed by atoms with Crippen LogP contribution in [0.4, 0.5) is 4.79 Å². The van der Waals surface area contributed by atoms with Crippen LogP contribution in [-0.2, 0) is 14.3 Å². The molecule has 0 radical (unpaired) electrons. The van der Waals surface area contributed by atoms with Gasteiger partial charge in [-0.3, -0.25) is 10.1 Å². The van der Waals surface area contributed by atoms with Crippen LogP contribution in [0, 0.1) is 5.92 Å². The highest BCUT2D eigenvalue weighted by molar-refractivity contribution is 5.95. The van der Waals surface area contributed by atoms with Gasteiger partial charge in [0.1, 0.15) is 13.2 Å². The Morgan fingerprint density at radius 3 is 2.37 bits per heavy atom. The predicted molar refractivity (Wildman–Crippen MR) is 66.5 cm³/mol. The van der Waals surface area contributed by atoms with Crippen molar-refractivity contribution in [3.63, 3.8) is 0 Å². The molecule has 1 aliphatic rings. The first-order valence-electron chi connectivity index (χ1n) is 6.37. The van der Waals surface area contributed by atoms with Gasteiger partial charge in [0.15, 0.2) is 0 Å². The Bertz CT molecular complexity index is 337. The van der Waals surface area contributed by atoms with Crippen molar-refractivity contribution in [2.75, 3.05) is 13.2 Å². The average molecular weight is 272 g/mol. The Morgan fingerprint density at radius 1 is 1.16 bits per heavy atom. The second-order valence-corrected chi connectivity index (χ2v) is 4.86. The molecular weight excluding hydrogens is 252 g/mol. The van der Waals surface area contributed by atoms with Crippen LogP contribution in [-0.4, -0.2) is 42.3 Å². The van der Waals surface area contributed by atoms with E-state index in [1.54, 1.807) is 0 Å². The largest absolute Gasteiger partial charge is 0.480 e. The summed E-state index contributed by atoms with van der Waals surface area (Å²) in [6.07, 6.45) is 3.97. The number of urea groups is 1. The smallest absolute Gasteiger partial charge is 0.329 e. The van der Waals surface area contributed by atoms with Gasteiger partial charge in [-0.05, 0) is 31.6 Å². The second-order valence-electron chi connectivity index (χ2n) is 4.86. The number of ether oxygens (including phenoxy) is 1. The molecule has 0 spiro atoms. The lowest BCUT2D eigenvalue weighted by molar-refractivity contribution is -0.143. The molecule has 0 aromatic rings. The van der Waals surface area contributed by atoms with E-state index in [1.165, 1.54) is 0 Å². The van der Waals surface area contributed by atoms with E-state index in [0.29, 0.717) is 5.92 Å². The summed E-state index contributed by atoms with van der Waals surface area (Å²) < 4.78 is 4.57. The number of amides is 3. The number of carbonyl (C=O) groups excluding carboxylic acids is 2. The Morgan fingerprint density at radius 2 is 1.79 bits per heavy atom. The van der Waals surface area contributed by atoms with Crippen LogP contribution >= 0.6 is 0 Å². The zero-order chi connectivity index (χ0) is 14.3. The summed E-state index contributed by atoms with van der Waals surface area (Å²) in [5.41, 5.74) is 0. The summed E-state index contributed by atoms with van der Waals surface area (Å²) in [5.74, 6) is -1.12. The van der Waals surface area contributed by atoms with Crippen LogP contribution in [0.5, 0.6) is 0 Å². The molecule has 0 atom stereocenters. The molecule has 1 rings (SSSR count). The summed E-state index contributed by atoms with van der Waals surface area (Å²) in [4.78, 5) is 32.9. The van der Waals surface area contributed by atoms with Crippen LogP contribution in [0.15, 0.2) is 0 Å². The summed E-state index contributed by atoms with van der Waals surface area (Å²) in [6.45, 7) is 1.18. The maximum atomic E-state index is 11.5. The van der Waals surface area contributed by atoms with Gasteiger partial charge in [0, 0.05) is 6.04 Å². The number of aliphatic carboxylic acids is 1. The van der Waals surface area contributed by atoms with Crippen molar-refractivity contribution in [2.24, 2.45) is 5.92 Å². The summed E-state index contributed by atoms with van der Waals surface area (Å²) in [7, 11) is 0. The minimum Gasteiger partial charge on any atom is -0.480 e. The molecule has 19 heavy (non-hydrogen) atoms. The summed E-state index contributed by atoms with van der Waals surface area (Å²) in [6, 6.07) is -0.451. The number of hydrogen-bond acceptors (Lipinski definition) is 4. The minimum atomic E-state index is -1.16. The van der Waals surface area contributed by atoms with Crippen molar-refractivity contribution in [3.05, 3.63) is 0 Å². The summed E-state index contributed by atoms with van der Waals surface area (Å²) >= 11 is 0. The van der Waals surface area contributed by atoms with E-state index in [1.807, 2.05) is 0 Å². The maximum Gasteiger partial charge on any atom is 0.329 e. The Balaban J connectivity index is 2.16. The van der Waals surface area contributed by atoms with Crippen LogP contribution < -0.4 is 10.6 Å². The van der Waals surface area contributed by atoms with Crippen molar-refractivity contribution in [3.8, 4) is 0 Å². The fourth-order valence-electron chi connectivity index (χ4n) is 2.02. The van der Waals surface area contributed by atoms with E-state index in [2.05, 4.69) is 22.3 Å². The molecule has 108 valence electrons. The van der Waals surface area contributed by atoms with Gasteiger partial charge < -0.3 is 15.2 Å². The highest BCUT2D eigenvalue weighted by atomic mass is 16.5. The van der Waals surface area contributed by atoms with Gasteiger partial charge in [-0.25, -0.2) is 9.59 Å². The minimum absolute atomic E-state index is 0.101. The molecule has 0 heterocycles. The van der Waals surface area contributed by atoms with Gasteiger partial charge in [-0.1, -0.05) is 6.92 Å². The average Bonchev–Trinajstić information content (AvgIpc) is 2.31. The normalized spacial score (nSPS) is 22.6. The zero-order valence-corrected chi connectivity index (χ0v) is 11.0. The lowest BCUT2D eigenvalue weighted by Gasteiger charge is -2.26. The van der Waals surface area contributed by atoms with Crippen molar-refractivity contribution in [1.29, 1.82) is 0 Å². The standard InChI is InChI=1S/C12H20N2O5/c1-8-2-4-9(5-3-8)13-12(18)14-10(15)6-19-7-11(16)17/h8-9H,2-7H2,1H3,(H,16,17)(H2,13,14,15,18). The van der Waals surface area contributed by atoms with Gasteiger partial charge in [0.2, 0.25) is 0 Å². The molecule has 7 nitrogen and oxygen atoms in total. The second kappa shape index (κ2) is 7.73. The molecule has 0 unspecified atom stereocenters. The molecule has 3 amide bonds. The van der Waals surface area contributed by atoms with Crippen LogP contribution in [0.3, 0.4) is 0 Å². The van der Waals surface area contributed by atoms with E-state index < -0.39 is 31.1 Å². The van der Waals surface area contributed by atoms with E-state index in [-0.39, 0.29) is 6.04 Å². The Hall–Kier alpha value is -1.63. The van der Waals surface area contributed by atoms with Crippen molar-refractivity contribution < 1.29 is 24.2 Å². The number of carboxylic acid groups (broad SMARTS) is 1. The first-order valence-corrected chi connectivity index (χ1v) is 6.37. The van der Waals surface area contributed by atoms with Crippen LogP contribution in [0.2, 0.25) is 0 Å². The molecule has 0 aromatic heterocycles. The van der Waals surface area contributed by atoms with Crippen molar-refractivity contribution in [2.45, 2.75) is 38.6 Å². The maximum absolute atomic E-state index is 11.5. The molecule has 1 saturated carbocycles. The zero-order valence-electron chi connectivity index (χ0n) is 11.0. The molecule has 3 N–H and O–H groups in total. The quantitative estimate of drug-likeness (QED) is 0.675. The Kier molecular flexibility index (Phi) is 6.27. The lowest BCUT2D eigenvalue weighted by atomic mass is 9.87. The van der Waals surface area contributed by atoms with Gasteiger partial charge in [0.25, 0.3) is 5.91 Å². The van der Waals surface area contributed by atoms with Gasteiger partial charge in [0.05, 0.1) is 0 Å². The van der Waals surface area contributed by atoms with Gasteiger partial charge in [-0.15, -0.1) is 0 Å². The third-order valence-corrected chi connectivity index (χ3v) is 3.06. The first-order chi connectivity index (χ1) is 8.97. The molecule has 1 aliphatic carbocycles. The lowest BCUT2D eigenvalue weighted by Crippen LogP contribution is -2.46. The fourth-order valence-corrected chi connectivity index (χ4v) is 2.02. The van der Waals surface area contributed by atoms with Crippen LogP contribution in [0.1, 0.15) is 32.6 Å². The monoisotopic (exact) mass is 272 g/mol. The summed E-state index contributed by atoms with van der Waals surface area (Å²) in [5, 5.41) is 13.1. The topological polar surface area (TPSA) is 105 Å². The third-order valence-electron chi connectivity index (χ3n) is 3.06. The van der Waals surface area contributed by atoms with Crippen molar-refractivity contribution in [1.82, 2.24) is 10.6 Å². The number of rotatable bonds is 5. The van der Waals surface area contributed by atoms with E-state index in [0.717, 1.165) is 25.7 Å². The third kappa shape index (κ3) is 6.76. The number of hydrogen-bond donors (Lipinski definition) is 3. The molecule has 7 heteroatoms. The first kappa shape index (κ1) is 15.4. The van der Waals surface area contributed by atoms with Crippen LogP contribution in [0.25, 0.3) is 0 Å². The number of carboxylic acids is 1. The highest BCUT2D eigenvalue weighted by Crippen LogP contribution is 2.23. The molecule has 0 aromatic carbocycles. The van der Waals surface area contributed by atoms with Gasteiger partial charge >= 0.3 is 12.0 Å². The molecular formula is C12H20N2O5. The predicted octanol–water partition coefficient (Wildman–Crippen LogP) is 0.492. The Labute approximate surface area is 111 Å². The molecule has 0 bridgehead atoms. The number of imide groups is 1. The fraction of sp³-hybridized carbons (Fsp3) is 0.750. The number of nitrogens with one attached hydrogen (secondary N) is 2. The number of carbonyl (C=O) groups is 3. The molecule has 1 fully saturated rings.